The molecule has 2 rings (SSSR count). The van der Waals surface area contributed by atoms with Gasteiger partial charge in [0.15, 0.2) is 0 Å². The van der Waals surface area contributed by atoms with Crippen LogP contribution in [-0.2, 0) is 19.1 Å². The fraction of sp³-hybridized carbons (Fsp3) is 0.556. The first-order valence-electron chi connectivity index (χ1n) is 7.64. The Balaban J connectivity index is 2.30. The Hall–Kier alpha value is -1.84. The van der Waals surface area contributed by atoms with Crippen molar-refractivity contribution in [2.75, 3.05) is 7.11 Å². The SMILES string of the molecule is C=C(C(=O)OC)[C@@H]1CC=C(C)[C@@H]2C[C@H](OC(C)=O)C(C)=C[C@@H]12. The summed E-state index contributed by atoms with van der Waals surface area (Å²) in [4.78, 5) is 23.1. The summed E-state index contributed by atoms with van der Waals surface area (Å²) in [5.41, 5.74) is 2.87. The van der Waals surface area contributed by atoms with Gasteiger partial charge >= 0.3 is 11.9 Å². The summed E-state index contributed by atoms with van der Waals surface area (Å²) in [6.45, 7) is 9.46. The number of allylic oxidation sites excluding steroid dienone is 3. The summed E-state index contributed by atoms with van der Waals surface area (Å²) >= 11 is 0. The molecule has 0 fully saturated rings. The van der Waals surface area contributed by atoms with Gasteiger partial charge in [-0.05, 0) is 44.1 Å². The maximum atomic E-state index is 11.8. The van der Waals surface area contributed by atoms with Crippen LogP contribution < -0.4 is 0 Å². The molecule has 0 heterocycles. The van der Waals surface area contributed by atoms with Crippen molar-refractivity contribution in [1.29, 1.82) is 0 Å². The molecule has 0 unspecified atom stereocenters. The maximum absolute atomic E-state index is 11.8. The minimum Gasteiger partial charge on any atom is -0.466 e. The van der Waals surface area contributed by atoms with E-state index in [-0.39, 0.29) is 35.8 Å². The number of hydrogen-bond acceptors (Lipinski definition) is 4. The third-order valence-electron chi connectivity index (χ3n) is 4.84. The van der Waals surface area contributed by atoms with Crippen molar-refractivity contribution in [3.8, 4) is 0 Å². The Morgan fingerprint density at radius 1 is 1.27 bits per heavy atom. The van der Waals surface area contributed by atoms with Crippen molar-refractivity contribution in [1.82, 2.24) is 0 Å². The number of fused-ring (bicyclic) bond motifs is 1. The summed E-state index contributed by atoms with van der Waals surface area (Å²) in [7, 11) is 1.38. The fourth-order valence-electron chi connectivity index (χ4n) is 3.61. The molecule has 0 aromatic carbocycles. The van der Waals surface area contributed by atoms with Gasteiger partial charge in [0.05, 0.1) is 7.11 Å². The first-order valence-corrected chi connectivity index (χ1v) is 7.64. The van der Waals surface area contributed by atoms with Gasteiger partial charge in [0.25, 0.3) is 0 Å². The zero-order chi connectivity index (χ0) is 16.4. The standard InChI is InChI=1S/C18H24O4/c1-10-6-7-14(12(3)18(20)21-5)16-8-11(2)17(9-15(10)16)22-13(4)19/h6,8,14-17H,3,7,9H2,1-2,4-5H3/t14-,15-,16-,17-/m0/s1. The van der Waals surface area contributed by atoms with Gasteiger partial charge < -0.3 is 9.47 Å². The molecule has 120 valence electrons. The van der Waals surface area contributed by atoms with Crippen molar-refractivity contribution in [2.45, 2.75) is 39.7 Å². The zero-order valence-electron chi connectivity index (χ0n) is 13.7. The molecule has 4 atom stereocenters. The van der Waals surface area contributed by atoms with Gasteiger partial charge in [0, 0.05) is 18.4 Å². The van der Waals surface area contributed by atoms with Crippen LogP contribution in [0.3, 0.4) is 0 Å². The van der Waals surface area contributed by atoms with Crippen LogP contribution in [0.5, 0.6) is 0 Å². The lowest BCUT2D eigenvalue weighted by atomic mass is 9.64. The van der Waals surface area contributed by atoms with Crippen LogP contribution in [0.25, 0.3) is 0 Å². The Morgan fingerprint density at radius 3 is 2.55 bits per heavy atom. The highest BCUT2D eigenvalue weighted by atomic mass is 16.5. The minimum absolute atomic E-state index is 0.0504. The van der Waals surface area contributed by atoms with Gasteiger partial charge in [0.2, 0.25) is 0 Å². The topological polar surface area (TPSA) is 52.6 Å². The molecule has 0 radical (unpaired) electrons. The van der Waals surface area contributed by atoms with E-state index in [1.807, 2.05) is 6.92 Å². The summed E-state index contributed by atoms with van der Waals surface area (Å²) in [6.07, 6.45) is 5.70. The molecule has 4 heteroatoms. The van der Waals surface area contributed by atoms with Gasteiger partial charge in [-0.3, -0.25) is 4.79 Å². The lowest BCUT2D eigenvalue weighted by Crippen LogP contribution is -2.37. The van der Waals surface area contributed by atoms with Crippen LogP contribution in [0, 0.1) is 17.8 Å². The Labute approximate surface area is 131 Å². The second kappa shape index (κ2) is 6.51. The predicted octanol–water partition coefficient (Wildman–Crippen LogP) is 3.20. The van der Waals surface area contributed by atoms with Crippen LogP contribution in [-0.4, -0.2) is 25.2 Å². The molecule has 0 aromatic heterocycles. The fourth-order valence-corrected chi connectivity index (χ4v) is 3.61. The van der Waals surface area contributed by atoms with Crippen molar-refractivity contribution in [3.63, 3.8) is 0 Å². The number of esters is 2. The monoisotopic (exact) mass is 304 g/mol. The Morgan fingerprint density at radius 2 is 1.95 bits per heavy atom. The normalized spacial score (nSPS) is 30.5. The molecular formula is C18H24O4. The van der Waals surface area contributed by atoms with Gasteiger partial charge in [-0.2, -0.15) is 0 Å². The number of methoxy groups -OCH3 is 1. The Bertz CT molecular complexity index is 555. The molecule has 0 saturated carbocycles. The summed E-state index contributed by atoms with van der Waals surface area (Å²) in [5.74, 6) is -0.0694. The van der Waals surface area contributed by atoms with Crippen LogP contribution in [0.1, 0.15) is 33.6 Å². The van der Waals surface area contributed by atoms with Crippen molar-refractivity contribution < 1.29 is 19.1 Å². The molecular weight excluding hydrogens is 280 g/mol. The number of hydrogen-bond donors (Lipinski definition) is 0. The third-order valence-corrected chi connectivity index (χ3v) is 4.84. The lowest BCUT2D eigenvalue weighted by Gasteiger charge is -2.41. The molecule has 0 spiro atoms. The molecule has 0 saturated heterocycles. The number of carbonyl (C=O) groups excluding carboxylic acids is 2. The van der Waals surface area contributed by atoms with E-state index in [2.05, 4.69) is 25.7 Å². The lowest BCUT2D eigenvalue weighted by molar-refractivity contribution is -0.145. The second-order valence-electron chi connectivity index (χ2n) is 6.24. The van der Waals surface area contributed by atoms with E-state index in [0.717, 1.165) is 18.4 Å². The van der Waals surface area contributed by atoms with Gasteiger partial charge in [0.1, 0.15) is 6.10 Å². The molecule has 0 aromatic rings. The van der Waals surface area contributed by atoms with Gasteiger partial charge in [-0.25, -0.2) is 4.79 Å². The molecule has 4 nitrogen and oxygen atoms in total. The zero-order valence-corrected chi connectivity index (χ0v) is 13.7. The number of carbonyl (C=O) groups is 2. The first kappa shape index (κ1) is 16.5. The van der Waals surface area contributed by atoms with E-state index < -0.39 is 0 Å². The summed E-state index contributed by atoms with van der Waals surface area (Å²) in [6, 6.07) is 0. The van der Waals surface area contributed by atoms with Crippen LogP contribution in [0.15, 0.2) is 35.5 Å². The van der Waals surface area contributed by atoms with Gasteiger partial charge in [-0.15, -0.1) is 0 Å². The average Bonchev–Trinajstić information content (AvgIpc) is 2.47. The van der Waals surface area contributed by atoms with E-state index in [4.69, 9.17) is 9.47 Å². The van der Waals surface area contributed by atoms with E-state index in [1.165, 1.54) is 19.6 Å². The highest BCUT2D eigenvalue weighted by molar-refractivity contribution is 5.88. The molecule has 22 heavy (non-hydrogen) atoms. The summed E-state index contributed by atoms with van der Waals surface area (Å²) < 4.78 is 10.2. The molecule has 0 N–H and O–H groups in total. The average molecular weight is 304 g/mol. The quantitative estimate of drug-likeness (QED) is 0.456. The number of ether oxygens (including phenoxy) is 2. The largest absolute Gasteiger partial charge is 0.466 e. The molecule has 0 amide bonds. The smallest absolute Gasteiger partial charge is 0.333 e. The van der Waals surface area contributed by atoms with E-state index in [0.29, 0.717) is 5.57 Å². The third kappa shape index (κ3) is 3.16. The Kier molecular flexibility index (Phi) is 4.89. The first-order chi connectivity index (χ1) is 10.3. The summed E-state index contributed by atoms with van der Waals surface area (Å²) in [5, 5.41) is 0. The van der Waals surface area contributed by atoms with Crippen LogP contribution in [0.4, 0.5) is 0 Å². The van der Waals surface area contributed by atoms with E-state index in [1.54, 1.807) is 0 Å². The minimum atomic E-state index is -0.343. The highest BCUT2D eigenvalue weighted by Gasteiger charge is 2.40. The van der Waals surface area contributed by atoms with E-state index in [9.17, 15) is 9.59 Å². The predicted molar refractivity (Wildman–Crippen MR) is 83.9 cm³/mol. The highest BCUT2D eigenvalue weighted by Crippen LogP contribution is 2.45. The van der Waals surface area contributed by atoms with Crippen LogP contribution >= 0.6 is 0 Å². The van der Waals surface area contributed by atoms with Crippen LogP contribution in [0.2, 0.25) is 0 Å². The van der Waals surface area contributed by atoms with Crippen molar-refractivity contribution in [3.05, 3.63) is 35.5 Å². The molecule has 0 aliphatic heterocycles. The number of rotatable bonds is 3. The van der Waals surface area contributed by atoms with Crippen molar-refractivity contribution in [2.24, 2.45) is 17.8 Å². The van der Waals surface area contributed by atoms with Gasteiger partial charge in [-0.1, -0.05) is 24.3 Å². The second-order valence-corrected chi connectivity index (χ2v) is 6.24. The van der Waals surface area contributed by atoms with E-state index >= 15 is 0 Å². The van der Waals surface area contributed by atoms with Crippen molar-refractivity contribution >= 4 is 11.9 Å². The molecule has 0 bridgehead atoms. The molecule has 2 aliphatic carbocycles. The molecule has 2 aliphatic rings. The maximum Gasteiger partial charge on any atom is 0.333 e.